The predicted octanol–water partition coefficient (Wildman–Crippen LogP) is 3.74. The Kier molecular flexibility index (Phi) is 3.02. The van der Waals surface area contributed by atoms with Crippen molar-refractivity contribution < 1.29 is 9.90 Å². The highest BCUT2D eigenvalue weighted by molar-refractivity contribution is 5.91. The molecule has 5 aliphatic rings. The summed E-state index contributed by atoms with van der Waals surface area (Å²) in [5.74, 6) is 6.93. The van der Waals surface area contributed by atoms with Crippen LogP contribution in [0.2, 0.25) is 0 Å². The SMILES string of the molecule is C#C[C@]1(O)[C@@H]2C[C@@H]2[C@H]2[C@@H]3CCC4=CC(=O)CC[C@@H]4[C@H]3CC[C@@]21CC. The lowest BCUT2D eigenvalue weighted by molar-refractivity contribution is -0.123. The van der Waals surface area contributed by atoms with Gasteiger partial charge < -0.3 is 5.11 Å². The number of allylic oxidation sites excluding steroid dienone is 1. The zero-order valence-corrected chi connectivity index (χ0v) is 14.6. The lowest BCUT2D eigenvalue weighted by Gasteiger charge is -2.57. The highest BCUT2D eigenvalue weighted by Gasteiger charge is 2.76. The molecular weight excluding hydrogens is 296 g/mol. The minimum atomic E-state index is -0.860. The summed E-state index contributed by atoms with van der Waals surface area (Å²) in [6, 6.07) is 0. The van der Waals surface area contributed by atoms with E-state index in [-0.39, 0.29) is 5.41 Å². The van der Waals surface area contributed by atoms with Gasteiger partial charge in [0.25, 0.3) is 0 Å². The van der Waals surface area contributed by atoms with Crippen LogP contribution in [0, 0.1) is 53.3 Å². The molecule has 5 rings (SSSR count). The molecule has 0 bridgehead atoms. The molecule has 0 aromatic carbocycles. The van der Waals surface area contributed by atoms with Gasteiger partial charge in [-0.2, -0.15) is 0 Å². The monoisotopic (exact) mass is 324 g/mol. The molecular formula is C22H28O2. The number of fused-ring (bicyclic) bond motifs is 7. The van der Waals surface area contributed by atoms with Gasteiger partial charge in [0.1, 0.15) is 5.60 Å². The Balaban J connectivity index is 1.53. The average molecular weight is 324 g/mol. The van der Waals surface area contributed by atoms with Crippen molar-refractivity contribution in [2.45, 2.75) is 63.9 Å². The van der Waals surface area contributed by atoms with Crippen LogP contribution < -0.4 is 0 Å². The van der Waals surface area contributed by atoms with Crippen molar-refractivity contribution in [2.24, 2.45) is 40.9 Å². The molecule has 24 heavy (non-hydrogen) atoms. The number of terminal acetylenes is 1. The van der Waals surface area contributed by atoms with Gasteiger partial charge in [-0.1, -0.05) is 18.4 Å². The van der Waals surface area contributed by atoms with E-state index in [1.54, 1.807) is 0 Å². The Hall–Kier alpha value is -1.07. The average Bonchev–Trinajstić information content (AvgIpc) is 3.36. The van der Waals surface area contributed by atoms with Gasteiger partial charge in [-0.25, -0.2) is 0 Å². The molecule has 0 amide bonds. The van der Waals surface area contributed by atoms with E-state index in [4.69, 9.17) is 6.42 Å². The molecule has 8 atom stereocenters. The van der Waals surface area contributed by atoms with Crippen LogP contribution in [0.25, 0.3) is 0 Å². The molecule has 4 saturated carbocycles. The fourth-order valence-electron chi connectivity index (χ4n) is 7.89. The fraction of sp³-hybridized carbons (Fsp3) is 0.773. The van der Waals surface area contributed by atoms with E-state index in [0.29, 0.717) is 35.4 Å². The zero-order valence-electron chi connectivity index (χ0n) is 14.6. The molecule has 0 radical (unpaired) electrons. The topological polar surface area (TPSA) is 37.3 Å². The molecule has 128 valence electrons. The van der Waals surface area contributed by atoms with Gasteiger partial charge in [-0.05, 0) is 80.6 Å². The summed E-state index contributed by atoms with van der Waals surface area (Å²) in [7, 11) is 0. The molecule has 0 heterocycles. The van der Waals surface area contributed by atoms with Gasteiger partial charge in [0.2, 0.25) is 0 Å². The summed E-state index contributed by atoms with van der Waals surface area (Å²) >= 11 is 0. The maximum Gasteiger partial charge on any atom is 0.155 e. The number of hydrogen-bond donors (Lipinski definition) is 1. The van der Waals surface area contributed by atoms with E-state index in [1.807, 2.05) is 6.08 Å². The van der Waals surface area contributed by atoms with Gasteiger partial charge in [0.15, 0.2) is 5.78 Å². The fourth-order valence-corrected chi connectivity index (χ4v) is 7.89. The van der Waals surface area contributed by atoms with Gasteiger partial charge in [-0.3, -0.25) is 4.79 Å². The van der Waals surface area contributed by atoms with E-state index < -0.39 is 5.60 Å². The third-order valence-electron chi connectivity index (χ3n) is 8.83. The van der Waals surface area contributed by atoms with Gasteiger partial charge in [-0.15, -0.1) is 6.42 Å². The first-order chi connectivity index (χ1) is 11.6. The second-order valence-electron chi connectivity index (χ2n) is 9.19. The van der Waals surface area contributed by atoms with Crippen molar-refractivity contribution >= 4 is 5.78 Å². The van der Waals surface area contributed by atoms with Crippen molar-refractivity contribution in [1.82, 2.24) is 0 Å². The smallest absolute Gasteiger partial charge is 0.155 e. The Morgan fingerprint density at radius 1 is 1.25 bits per heavy atom. The first-order valence-corrected chi connectivity index (χ1v) is 9.99. The molecule has 1 N–H and O–H groups in total. The van der Waals surface area contributed by atoms with E-state index in [2.05, 4.69) is 12.8 Å². The van der Waals surface area contributed by atoms with Gasteiger partial charge in [0.05, 0.1) is 0 Å². The van der Waals surface area contributed by atoms with Crippen LogP contribution in [0.15, 0.2) is 11.6 Å². The molecule has 0 spiro atoms. The summed E-state index contributed by atoms with van der Waals surface area (Å²) in [6.07, 6.45) is 16.4. The summed E-state index contributed by atoms with van der Waals surface area (Å²) in [5, 5.41) is 11.4. The van der Waals surface area contributed by atoms with E-state index in [9.17, 15) is 9.90 Å². The number of aliphatic hydroxyl groups is 1. The van der Waals surface area contributed by atoms with Crippen LogP contribution in [0.4, 0.5) is 0 Å². The second-order valence-corrected chi connectivity index (χ2v) is 9.19. The van der Waals surface area contributed by atoms with Crippen molar-refractivity contribution in [3.8, 4) is 12.3 Å². The number of hydrogen-bond acceptors (Lipinski definition) is 2. The lowest BCUT2D eigenvalue weighted by Crippen LogP contribution is -2.55. The predicted molar refractivity (Wildman–Crippen MR) is 92.9 cm³/mol. The first kappa shape index (κ1) is 15.2. The Bertz CT molecular complexity index is 670. The third kappa shape index (κ3) is 1.61. The van der Waals surface area contributed by atoms with E-state index >= 15 is 0 Å². The van der Waals surface area contributed by atoms with Gasteiger partial charge >= 0.3 is 0 Å². The summed E-state index contributed by atoms with van der Waals surface area (Å²) in [5.41, 5.74) is 0.539. The van der Waals surface area contributed by atoms with Crippen LogP contribution in [0.3, 0.4) is 0 Å². The normalized spacial score (nSPS) is 54.7. The second kappa shape index (κ2) is 4.76. The molecule has 2 heteroatoms. The van der Waals surface area contributed by atoms with Crippen molar-refractivity contribution in [1.29, 1.82) is 0 Å². The minimum absolute atomic E-state index is 0.0395. The summed E-state index contributed by atoms with van der Waals surface area (Å²) < 4.78 is 0. The molecule has 0 unspecified atom stereocenters. The first-order valence-electron chi connectivity index (χ1n) is 9.99. The molecule has 0 aromatic heterocycles. The quantitative estimate of drug-likeness (QED) is 0.746. The molecule has 2 nitrogen and oxygen atoms in total. The van der Waals surface area contributed by atoms with Crippen LogP contribution >= 0.6 is 0 Å². The van der Waals surface area contributed by atoms with Crippen LogP contribution in [0.5, 0.6) is 0 Å². The van der Waals surface area contributed by atoms with Crippen LogP contribution in [-0.4, -0.2) is 16.5 Å². The van der Waals surface area contributed by atoms with E-state index in [1.165, 1.54) is 18.4 Å². The Labute approximate surface area is 145 Å². The molecule has 0 aromatic rings. The molecule has 0 aliphatic heterocycles. The maximum absolute atomic E-state index is 11.8. The number of carbonyl (C=O) groups excluding carboxylic acids is 1. The van der Waals surface area contributed by atoms with Crippen LogP contribution in [0.1, 0.15) is 58.3 Å². The molecule has 0 saturated heterocycles. The van der Waals surface area contributed by atoms with Crippen LogP contribution in [-0.2, 0) is 4.79 Å². The third-order valence-corrected chi connectivity index (χ3v) is 8.83. The zero-order chi connectivity index (χ0) is 16.7. The molecule has 5 aliphatic carbocycles. The highest BCUT2D eigenvalue weighted by Crippen LogP contribution is 2.76. The lowest BCUT2D eigenvalue weighted by atomic mass is 9.48. The largest absolute Gasteiger partial charge is 0.377 e. The van der Waals surface area contributed by atoms with Crippen molar-refractivity contribution in [3.05, 3.63) is 11.6 Å². The number of ketones is 1. The van der Waals surface area contributed by atoms with E-state index in [0.717, 1.165) is 44.4 Å². The van der Waals surface area contributed by atoms with Crippen molar-refractivity contribution in [2.75, 3.05) is 0 Å². The maximum atomic E-state index is 11.8. The summed E-state index contributed by atoms with van der Waals surface area (Å²) in [6.45, 7) is 2.24. The number of rotatable bonds is 1. The standard InChI is InChI=1S/C22H28O2/c1-3-21-10-9-16-15-8-6-14(23)11-13(15)5-7-17(16)20(21)18-12-19(18)22(21,24)4-2/h2,11,15-20,24H,3,5-10,12H2,1H3/t15-,16+,17+,18-,19+,20+,21-,22-/m0/s1. The highest BCUT2D eigenvalue weighted by atomic mass is 16.3. The summed E-state index contributed by atoms with van der Waals surface area (Å²) in [4.78, 5) is 11.8. The van der Waals surface area contributed by atoms with Gasteiger partial charge in [0, 0.05) is 17.8 Å². The Morgan fingerprint density at radius 3 is 2.83 bits per heavy atom. The molecule has 4 fully saturated rings. The van der Waals surface area contributed by atoms with Crippen molar-refractivity contribution in [3.63, 3.8) is 0 Å². The number of carbonyl (C=O) groups is 1. The Morgan fingerprint density at radius 2 is 2.08 bits per heavy atom. The minimum Gasteiger partial charge on any atom is -0.377 e.